The van der Waals surface area contributed by atoms with Crippen LogP contribution in [0.2, 0.25) is 0 Å². The Bertz CT molecular complexity index is 389. The highest BCUT2D eigenvalue weighted by Gasteiger charge is 2.48. The van der Waals surface area contributed by atoms with Gasteiger partial charge in [-0.25, -0.2) is 0 Å². The van der Waals surface area contributed by atoms with Crippen molar-refractivity contribution in [2.24, 2.45) is 0 Å². The van der Waals surface area contributed by atoms with Gasteiger partial charge < -0.3 is 5.11 Å². The molecule has 16 heavy (non-hydrogen) atoms. The minimum Gasteiger partial charge on any atom is -0.383 e. The zero-order valence-electron chi connectivity index (χ0n) is 9.78. The van der Waals surface area contributed by atoms with Gasteiger partial charge in [0.25, 0.3) is 0 Å². The second kappa shape index (κ2) is 3.83. The standard InChI is InChI=1S/C13H19NOS/c1-10-11(5-9-16-10)13(15)6-8-14-7-3-2-4-12(13)14/h5,9,12,15H,2-4,6-8H2,1H3. The Morgan fingerprint density at radius 3 is 3.06 bits per heavy atom. The molecule has 1 aromatic heterocycles. The molecule has 3 rings (SSSR count). The average molecular weight is 237 g/mol. The van der Waals surface area contributed by atoms with Crippen molar-refractivity contribution in [1.82, 2.24) is 4.90 Å². The van der Waals surface area contributed by atoms with E-state index in [1.807, 2.05) is 0 Å². The Hall–Kier alpha value is -0.380. The Morgan fingerprint density at radius 1 is 1.44 bits per heavy atom. The van der Waals surface area contributed by atoms with E-state index in [1.165, 1.54) is 29.8 Å². The molecule has 0 amide bonds. The highest BCUT2D eigenvalue weighted by atomic mass is 32.1. The summed E-state index contributed by atoms with van der Waals surface area (Å²) >= 11 is 1.75. The lowest BCUT2D eigenvalue weighted by molar-refractivity contribution is -0.0138. The van der Waals surface area contributed by atoms with Crippen LogP contribution in [-0.2, 0) is 5.60 Å². The summed E-state index contributed by atoms with van der Waals surface area (Å²) in [6, 6.07) is 2.49. The number of rotatable bonds is 1. The first kappa shape index (κ1) is 10.8. The first-order valence-corrected chi connectivity index (χ1v) is 7.11. The van der Waals surface area contributed by atoms with E-state index in [4.69, 9.17) is 0 Å². The summed E-state index contributed by atoms with van der Waals surface area (Å²) in [5.41, 5.74) is 0.622. The van der Waals surface area contributed by atoms with Crippen LogP contribution in [0.4, 0.5) is 0 Å². The van der Waals surface area contributed by atoms with Crippen molar-refractivity contribution in [1.29, 1.82) is 0 Å². The average Bonchev–Trinajstić information content (AvgIpc) is 2.86. The van der Waals surface area contributed by atoms with Gasteiger partial charge in [0.15, 0.2) is 0 Å². The van der Waals surface area contributed by atoms with Crippen molar-refractivity contribution in [3.8, 4) is 0 Å². The van der Waals surface area contributed by atoms with Crippen LogP contribution in [0.1, 0.15) is 36.1 Å². The molecule has 0 saturated carbocycles. The molecule has 3 heterocycles. The van der Waals surface area contributed by atoms with Gasteiger partial charge in [-0.05, 0) is 49.7 Å². The number of hydrogen-bond acceptors (Lipinski definition) is 3. The first-order valence-electron chi connectivity index (χ1n) is 6.23. The normalized spacial score (nSPS) is 35.2. The molecule has 0 aromatic carbocycles. The van der Waals surface area contributed by atoms with E-state index in [9.17, 15) is 5.11 Å². The first-order chi connectivity index (χ1) is 7.72. The number of fused-ring (bicyclic) bond motifs is 1. The molecule has 1 N–H and O–H groups in total. The van der Waals surface area contributed by atoms with Gasteiger partial charge in [-0.2, -0.15) is 0 Å². The third-order valence-electron chi connectivity index (χ3n) is 4.27. The Balaban J connectivity index is 1.96. The summed E-state index contributed by atoms with van der Waals surface area (Å²) in [6.07, 6.45) is 4.64. The molecule has 88 valence electrons. The maximum atomic E-state index is 11.0. The quantitative estimate of drug-likeness (QED) is 0.811. The predicted octanol–water partition coefficient (Wildman–Crippen LogP) is 2.50. The summed E-state index contributed by atoms with van der Waals surface area (Å²) in [5, 5.41) is 13.1. The van der Waals surface area contributed by atoms with Crippen LogP contribution in [0.25, 0.3) is 0 Å². The van der Waals surface area contributed by atoms with Gasteiger partial charge in [0.05, 0.1) is 0 Å². The topological polar surface area (TPSA) is 23.5 Å². The van der Waals surface area contributed by atoms with Gasteiger partial charge in [-0.3, -0.25) is 4.90 Å². The van der Waals surface area contributed by atoms with Crippen LogP contribution in [0, 0.1) is 6.92 Å². The summed E-state index contributed by atoms with van der Waals surface area (Å²) in [6.45, 7) is 4.37. The summed E-state index contributed by atoms with van der Waals surface area (Å²) in [5.74, 6) is 0. The Labute approximate surface area is 101 Å². The van der Waals surface area contributed by atoms with Gasteiger partial charge in [0.2, 0.25) is 0 Å². The van der Waals surface area contributed by atoms with Crippen LogP contribution >= 0.6 is 11.3 Å². The largest absolute Gasteiger partial charge is 0.383 e. The molecule has 1 aromatic rings. The van der Waals surface area contributed by atoms with Crippen LogP contribution in [0.15, 0.2) is 11.4 Å². The smallest absolute Gasteiger partial charge is 0.107 e. The predicted molar refractivity (Wildman–Crippen MR) is 66.8 cm³/mol. The Morgan fingerprint density at radius 2 is 2.31 bits per heavy atom. The molecular weight excluding hydrogens is 218 g/mol. The third-order valence-corrected chi connectivity index (χ3v) is 5.12. The van der Waals surface area contributed by atoms with Gasteiger partial charge in [0.1, 0.15) is 5.60 Å². The lowest BCUT2D eigenvalue weighted by Gasteiger charge is -2.37. The fraction of sp³-hybridized carbons (Fsp3) is 0.692. The molecule has 0 spiro atoms. The lowest BCUT2D eigenvalue weighted by Crippen LogP contribution is -2.45. The number of aliphatic hydroxyl groups is 1. The van der Waals surface area contributed by atoms with E-state index in [1.54, 1.807) is 11.3 Å². The van der Waals surface area contributed by atoms with E-state index < -0.39 is 5.60 Å². The number of hydrogen-bond donors (Lipinski definition) is 1. The summed E-state index contributed by atoms with van der Waals surface area (Å²) < 4.78 is 0. The van der Waals surface area contributed by atoms with E-state index in [0.29, 0.717) is 6.04 Å². The molecule has 0 radical (unpaired) electrons. The second-order valence-electron chi connectivity index (χ2n) is 5.11. The van der Waals surface area contributed by atoms with Crippen LogP contribution in [0.3, 0.4) is 0 Å². The molecule has 2 fully saturated rings. The number of piperidine rings is 1. The Kier molecular flexibility index (Phi) is 2.57. The van der Waals surface area contributed by atoms with Crippen LogP contribution in [-0.4, -0.2) is 29.1 Å². The maximum absolute atomic E-state index is 11.0. The zero-order valence-corrected chi connectivity index (χ0v) is 10.6. The fourth-order valence-electron chi connectivity index (χ4n) is 3.43. The van der Waals surface area contributed by atoms with Crippen LogP contribution in [0.5, 0.6) is 0 Å². The molecule has 0 aliphatic carbocycles. The van der Waals surface area contributed by atoms with E-state index in [0.717, 1.165) is 19.4 Å². The van der Waals surface area contributed by atoms with Crippen molar-refractivity contribution >= 4 is 11.3 Å². The van der Waals surface area contributed by atoms with E-state index >= 15 is 0 Å². The van der Waals surface area contributed by atoms with Gasteiger partial charge in [-0.15, -0.1) is 11.3 Å². The van der Waals surface area contributed by atoms with Crippen molar-refractivity contribution in [3.05, 3.63) is 21.9 Å². The molecule has 0 bridgehead atoms. The molecule has 2 atom stereocenters. The SMILES string of the molecule is Cc1sccc1C1(O)CCN2CCCCC21. The molecular formula is C13H19NOS. The number of thiophene rings is 1. The van der Waals surface area contributed by atoms with E-state index in [-0.39, 0.29) is 0 Å². The molecule has 2 nitrogen and oxygen atoms in total. The number of aryl methyl sites for hydroxylation is 1. The highest BCUT2D eigenvalue weighted by molar-refractivity contribution is 7.10. The summed E-state index contributed by atoms with van der Waals surface area (Å²) in [4.78, 5) is 3.77. The fourth-order valence-corrected chi connectivity index (χ4v) is 4.21. The molecule has 2 aliphatic heterocycles. The second-order valence-corrected chi connectivity index (χ2v) is 6.23. The van der Waals surface area contributed by atoms with Crippen molar-refractivity contribution in [2.75, 3.05) is 13.1 Å². The van der Waals surface area contributed by atoms with Gasteiger partial charge >= 0.3 is 0 Å². The van der Waals surface area contributed by atoms with Crippen molar-refractivity contribution < 1.29 is 5.11 Å². The molecule has 3 heteroatoms. The lowest BCUT2D eigenvalue weighted by atomic mass is 9.83. The van der Waals surface area contributed by atoms with Crippen molar-refractivity contribution in [3.63, 3.8) is 0 Å². The molecule has 2 aliphatic rings. The van der Waals surface area contributed by atoms with Gasteiger partial charge in [0, 0.05) is 17.5 Å². The monoisotopic (exact) mass is 237 g/mol. The number of nitrogens with zero attached hydrogens (tertiary/aromatic N) is 1. The minimum atomic E-state index is -0.565. The summed E-state index contributed by atoms with van der Waals surface area (Å²) in [7, 11) is 0. The molecule has 2 saturated heterocycles. The maximum Gasteiger partial charge on any atom is 0.107 e. The third kappa shape index (κ3) is 1.45. The van der Waals surface area contributed by atoms with Gasteiger partial charge in [-0.1, -0.05) is 6.42 Å². The van der Waals surface area contributed by atoms with Crippen LogP contribution < -0.4 is 0 Å². The van der Waals surface area contributed by atoms with E-state index in [2.05, 4.69) is 23.3 Å². The molecule has 2 unspecified atom stereocenters. The minimum absolute atomic E-state index is 0.370. The highest BCUT2D eigenvalue weighted by Crippen LogP contribution is 2.44. The van der Waals surface area contributed by atoms with Crippen molar-refractivity contribution in [2.45, 2.75) is 44.2 Å². The zero-order chi connectivity index (χ0) is 11.2.